The molecule has 1 atom stereocenters. The summed E-state index contributed by atoms with van der Waals surface area (Å²) in [7, 11) is 0. The fourth-order valence-electron chi connectivity index (χ4n) is 2.85. The van der Waals surface area contributed by atoms with Gasteiger partial charge in [0.25, 0.3) is 0 Å². The monoisotopic (exact) mass is 276 g/mol. The van der Waals surface area contributed by atoms with Crippen molar-refractivity contribution in [2.75, 3.05) is 31.1 Å². The number of nitrogens with zero attached hydrogens (tertiary/aromatic N) is 2. The highest BCUT2D eigenvalue weighted by atomic mass is 16.3. The Kier molecular flexibility index (Phi) is 4.78. The predicted molar refractivity (Wildman–Crippen MR) is 80.8 cm³/mol. The molecule has 20 heavy (non-hydrogen) atoms. The Hall–Kier alpha value is -1.39. The van der Waals surface area contributed by atoms with Crippen LogP contribution in [0.2, 0.25) is 0 Å². The molecule has 1 aliphatic rings. The molecular weight excluding hydrogens is 252 g/mol. The fourth-order valence-corrected chi connectivity index (χ4v) is 2.85. The van der Waals surface area contributed by atoms with E-state index in [0.717, 1.165) is 25.1 Å². The zero-order chi connectivity index (χ0) is 14.6. The van der Waals surface area contributed by atoms with E-state index in [2.05, 4.69) is 4.90 Å². The summed E-state index contributed by atoms with van der Waals surface area (Å²) >= 11 is 0. The lowest BCUT2D eigenvalue weighted by Crippen LogP contribution is -2.50. The van der Waals surface area contributed by atoms with Gasteiger partial charge in [0.15, 0.2) is 0 Å². The predicted octanol–water partition coefficient (Wildman–Crippen LogP) is 1.89. The Morgan fingerprint density at radius 1 is 1.40 bits per heavy atom. The van der Waals surface area contributed by atoms with E-state index in [4.69, 9.17) is 0 Å². The molecule has 0 bridgehead atoms. The van der Waals surface area contributed by atoms with Crippen molar-refractivity contribution in [2.45, 2.75) is 32.3 Å². The average Bonchev–Trinajstić information content (AvgIpc) is 2.39. The minimum absolute atomic E-state index is 0.0939. The summed E-state index contributed by atoms with van der Waals surface area (Å²) in [5, 5.41) is 10.1. The first-order valence-corrected chi connectivity index (χ1v) is 7.32. The molecule has 1 amide bonds. The second-order valence-electron chi connectivity index (χ2n) is 5.78. The number of aliphatic hydroxyl groups is 1. The van der Waals surface area contributed by atoms with Crippen LogP contribution in [0.15, 0.2) is 30.3 Å². The third-order valence-corrected chi connectivity index (χ3v) is 3.80. The molecule has 1 aromatic carbocycles. The fraction of sp³-hybridized carbons (Fsp3) is 0.562. The van der Waals surface area contributed by atoms with Crippen LogP contribution >= 0.6 is 0 Å². The summed E-state index contributed by atoms with van der Waals surface area (Å²) < 4.78 is 0. The molecule has 1 fully saturated rings. The average molecular weight is 276 g/mol. The van der Waals surface area contributed by atoms with Gasteiger partial charge < -0.3 is 10.0 Å². The number of piperidine rings is 1. The second kappa shape index (κ2) is 6.37. The van der Waals surface area contributed by atoms with Crippen LogP contribution < -0.4 is 4.90 Å². The highest BCUT2D eigenvalue weighted by molar-refractivity contribution is 5.94. The lowest BCUT2D eigenvalue weighted by Gasteiger charge is -2.37. The van der Waals surface area contributed by atoms with Crippen molar-refractivity contribution in [1.29, 1.82) is 0 Å². The van der Waals surface area contributed by atoms with Gasteiger partial charge in [-0.25, -0.2) is 0 Å². The van der Waals surface area contributed by atoms with Crippen molar-refractivity contribution in [1.82, 2.24) is 4.90 Å². The van der Waals surface area contributed by atoms with Crippen molar-refractivity contribution in [2.24, 2.45) is 0 Å². The molecule has 1 unspecified atom stereocenters. The van der Waals surface area contributed by atoms with Gasteiger partial charge in [0.05, 0.1) is 12.1 Å². The molecule has 1 heterocycles. The standard InChI is InChI=1S/C16H24N2O2/c1-3-18(14-8-5-4-6-9-14)15(19)12-17-11-7-10-16(2,20)13-17/h4-6,8-9,20H,3,7,10-13H2,1-2H3. The van der Waals surface area contributed by atoms with Crippen LogP contribution in [-0.2, 0) is 4.79 Å². The number of hydrogen-bond donors (Lipinski definition) is 1. The molecular formula is C16H24N2O2. The van der Waals surface area contributed by atoms with Gasteiger partial charge in [0.2, 0.25) is 5.91 Å². The molecule has 4 nitrogen and oxygen atoms in total. The molecule has 2 rings (SSSR count). The van der Waals surface area contributed by atoms with E-state index in [9.17, 15) is 9.90 Å². The van der Waals surface area contributed by atoms with E-state index in [0.29, 0.717) is 19.6 Å². The topological polar surface area (TPSA) is 43.8 Å². The molecule has 0 radical (unpaired) electrons. The van der Waals surface area contributed by atoms with Gasteiger partial charge in [-0.15, -0.1) is 0 Å². The van der Waals surface area contributed by atoms with Crippen molar-refractivity contribution in [3.05, 3.63) is 30.3 Å². The van der Waals surface area contributed by atoms with Crippen LogP contribution in [0.4, 0.5) is 5.69 Å². The molecule has 1 saturated heterocycles. The number of hydrogen-bond acceptors (Lipinski definition) is 3. The lowest BCUT2D eigenvalue weighted by molar-refractivity contribution is -0.121. The summed E-state index contributed by atoms with van der Waals surface area (Å²) in [4.78, 5) is 16.3. The number of amides is 1. The Morgan fingerprint density at radius 3 is 2.70 bits per heavy atom. The maximum Gasteiger partial charge on any atom is 0.241 e. The first-order chi connectivity index (χ1) is 9.52. The van der Waals surface area contributed by atoms with Crippen LogP contribution in [0.1, 0.15) is 26.7 Å². The largest absolute Gasteiger partial charge is 0.389 e. The first kappa shape index (κ1) is 15.0. The number of likely N-dealkylation sites (tertiary alicyclic amines) is 1. The first-order valence-electron chi connectivity index (χ1n) is 7.32. The van der Waals surface area contributed by atoms with Crippen LogP contribution in [0.3, 0.4) is 0 Å². The molecule has 0 aromatic heterocycles. The number of carbonyl (C=O) groups excluding carboxylic acids is 1. The number of benzene rings is 1. The Labute approximate surface area is 121 Å². The molecule has 0 saturated carbocycles. The third-order valence-electron chi connectivity index (χ3n) is 3.80. The van der Waals surface area contributed by atoms with Crippen LogP contribution in [0.25, 0.3) is 0 Å². The number of anilines is 1. The quantitative estimate of drug-likeness (QED) is 0.913. The van der Waals surface area contributed by atoms with Crippen LogP contribution in [0, 0.1) is 0 Å². The van der Waals surface area contributed by atoms with E-state index in [1.54, 1.807) is 4.90 Å². The Morgan fingerprint density at radius 2 is 2.10 bits per heavy atom. The van der Waals surface area contributed by atoms with Gasteiger partial charge in [-0.3, -0.25) is 9.69 Å². The number of para-hydroxylation sites is 1. The number of rotatable bonds is 4. The molecule has 0 spiro atoms. The van der Waals surface area contributed by atoms with Gasteiger partial charge >= 0.3 is 0 Å². The third kappa shape index (κ3) is 3.81. The molecule has 1 aliphatic heterocycles. The minimum atomic E-state index is -0.664. The Bertz CT molecular complexity index is 445. The maximum absolute atomic E-state index is 12.5. The van der Waals surface area contributed by atoms with Gasteiger partial charge in [-0.2, -0.15) is 0 Å². The van der Waals surface area contributed by atoms with Crippen molar-refractivity contribution in [3.8, 4) is 0 Å². The summed E-state index contributed by atoms with van der Waals surface area (Å²) in [5.41, 5.74) is 0.270. The van der Waals surface area contributed by atoms with Crippen molar-refractivity contribution >= 4 is 11.6 Å². The number of carbonyl (C=O) groups is 1. The smallest absolute Gasteiger partial charge is 0.241 e. The van der Waals surface area contributed by atoms with Crippen molar-refractivity contribution in [3.63, 3.8) is 0 Å². The summed E-state index contributed by atoms with van der Waals surface area (Å²) in [6.45, 7) is 6.32. The van der Waals surface area contributed by atoms with E-state index in [1.165, 1.54) is 0 Å². The molecule has 0 aliphatic carbocycles. The number of likely N-dealkylation sites (N-methyl/N-ethyl adjacent to an activating group) is 1. The zero-order valence-electron chi connectivity index (χ0n) is 12.4. The van der Waals surface area contributed by atoms with Crippen LogP contribution in [-0.4, -0.2) is 47.7 Å². The van der Waals surface area contributed by atoms with Crippen molar-refractivity contribution < 1.29 is 9.90 Å². The molecule has 110 valence electrons. The zero-order valence-corrected chi connectivity index (χ0v) is 12.4. The minimum Gasteiger partial charge on any atom is -0.389 e. The molecule has 1 N–H and O–H groups in total. The SMILES string of the molecule is CCN(C(=O)CN1CCCC(C)(O)C1)c1ccccc1. The maximum atomic E-state index is 12.5. The van der Waals surface area contributed by atoms with Gasteiger partial charge in [0.1, 0.15) is 0 Å². The second-order valence-corrected chi connectivity index (χ2v) is 5.78. The molecule has 4 heteroatoms. The number of β-amino-alcohol motifs (C(OH)–C–C–N with tert-alkyl or cyclic N) is 1. The van der Waals surface area contributed by atoms with Gasteiger partial charge in [-0.05, 0) is 45.4 Å². The van der Waals surface area contributed by atoms with Gasteiger partial charge in [0, 0.05) is 18.8 Å². The normalized spacial score (nSPS) is 23.6. The Balaban J connectivity index is 1.99. The van der Waals surface area contributed by atoms with Gasteiger partial charge in [-0.1, -0.05) is 18.2 Å². The van der Waals surface area contributed by atoms with E-state index >= 15 is 0 Å². The van der Waals surface area contributed by atoms with E-state index in [1.807, 2.05) is 44.2 Å². The van der Waals surface area contributed by atoms with E-state index < -0.39 is 5.60 Å². The highest BCUT2D eigenvalue weighted by Gasteiger charge is 2.30. The van der Waals surface area contributed by atoms with Crippen LogP contribution in [0.5, 0.6) is 0 Å². The summed E-state index contributed by atoms with van der Waals surface area (Å²) in [6.07, 6.45) is 1.76. The summed E-state index contributed by atoms with van der Waals surface area (Å²) in [6, 6.07) is 9.74. The lowest BCUT2D eigenvalue weighted by atomic mass is 9.95. The highest BCUT2D eigenvalue weighted by Crippen LogP contribution is 2.21. The molecule has 1 aromatic rings. The van der Waals surface area contributed by atoms with E-state index in [-0.39, 0.29) is 5.91 Å². The summed E-state index contributed by atoms with van der Waals surface area (Å²) in [5.74, 6) is 0.0939.